The Hall–Kier alpha value is -0.990. The monoisotopic (exact) mass is 492 g/mol. The van der Waals surface area contributed by atoms with Crippen molar-refractivity contribution >= 4 is 23.5 Å². The molecule has 0 aliphatic carbocycles. The minimum absolute atomic E-state index is 0.105. The molecule has 0 spiro atoms. The third-order valence-corrected chi connectivity index (χ3v) is 7.30. The predicted molar refractivity (Wildman–Crippen MR) is 86.0 cm³/mol. The van der Waals surface area contributed by atoms with Gasteiger partial charge >= 0.3 is 5.69 Å². The SMILES string of the molecule is O=c1ccn([C@@H]2O[C@H](COP(=O)([O-])OP(=O)([O-])OP(=O)([O-])[O-])CCC[C@H]2O)c(=O)[nH]1. The molecular formula is C11H15N2O14P3-4. The molecule has 5 atom stereocenters. The van der Waals surface area contributed by atoms with Crippen LogP contribution in [0.1, 0.15) is 25.5 Å². The number of aromatic amines is 1. The molecule has 16 nitrogen and oxygen atoms in total. The number of aliphatic hydroxyl groups excluding tert-OH is 1. The van der Waals surface area contributed by atoms with Crippen LogP contribution in [0.3, 0.4) is 0 Å². The summed E-state index contributed by atoms with van der Waals surface area (Å²) in [5, 5.41) is 10.2. The highest BCUT2D eigenvalue weighted by Gasteiger charge is 2.31. The smallest absolute Gasteiger partial charge is 0.330 e. The van der Waals surface area contributed by atoms with E-state index in [1.807, 2.05) is 4.98 Å². The number of hydrogen-bond donors (Lipinski definition) is 2. The third-order valence-electron chi connectivity index (χ3n) is 3.63. The van der Waals surface area contributed by atoms with Crippen LogP contribution in [0.25, 0.3) is 0 Å². The summed E-state index contributed by atoms with van der Waals surface area (Å²) in [4.78, 5) is 68.4. The van der Waals surface area contributed by atoms with Gasteiger partial charge in [-0.2, -0.15) is 0 Å². The van der Waals surface area contributed by atoms with E-state index in [1.165, 1.54) is 0 Å². The zero-order valence-corrected chi connectivity index (χ0v) is 17.4. The van der Waals surface area contributed by atoms with Crippen molar-refractivity contribution in [2.24, 2.45) is 0 Å². The summed E-state index contributed by atoms with van der Waals surface area (Å²) in [5.74, 6) is 0. The number of ether oxygens (including phenoxy) is 1. The van der Waals surface area contributed by atoms with Crippen LogP contribution in [-0.4, -0.2) is 33.5 Å². The lowest BCUT2D eigenvalue weighted by molar-refractivity contribution is -0.339. The van der Waals surface area contributed by atoms with Gasteiger partial charge in [0.05, 0.1) is 26.6 Å². The van der Waals surface area contributed by atoms with Crippen molar-refractivity contribution in [1.29, 1.82) is 0 Å². The van der Waals surface area contributed by atoms with Gasteiger partial charge in [-0.3, -0.25) is 27.8 Å². The standard InChI is InChI=1S/C11H19N2O14P3/c14-8-3-1-2-7(25-10(8)13-5-4-9(15)12-11(13)16)6-24-29(20,21)27-30(22,23)26-28(17,18)19/h4-5,7-8,10,14H,1-3,6H2,(H,20,21)(H,22,23)(H,12,15,16)(H2,17,18,19)/p-4/t7-,8+,10+/m0/s1. The molecule has 0 aromatic carbocycles. The number of phosphoric acid groups is 3. The van der Waals surface area contributed by atoms with Crippen LogP contribution in [0.15, 0.2) is 21.9 Å². The predicted octanol–water partition coefficient (Wildman–Crippen LogP) is -3.22. The second-order valence-electron chi connectivity index (χ2n) is 5.97. The highest BCUT2D eigenvalue weighted by molar-refractivity contribution is 7.64. The fourth-order valence-corrected chi connectivity index (χ4v) is 5.40. The summed E-state index contributed by atoms with van der Waals surface area (Å²) < 4.78 is 50.2. The topological polar surface area (TPSA) is 255 Å². The molecule has 2 rings (SSSR count). The summed E-state index contributed by atoms with van der Waals surface area (Å²) in [6.45, 7) is -0.853. The Balaban J connectivity index is 2.07. The molecule has 1 fully saturated rings. The van der Waals surface area contributed by atoms with Crippen LogP contribution in [-0.2, 0) is 31.6 Å². The number of hydrogen-bond acceptors (Lipinski definition) is 14. The molecule has 1 aliphatic heterocycles. The van der Waals surface area contributed by atoms with Gasteiger partial charge in [0.15, 0.2) is 6.23 Å². The van der Waals surface area contributed by atoms with Gasteiger partial charge < -0.3 is 38.5 Å². The third kappa shape index (κ3) is 7.93. The Bertz CT molecular complexity index is 999. The molecule has 2 unspecified atom stereocenters. The van der Waals surface area contributed by atoms with E-state index in [2.05, 4.69) is 13.1 Å². The molecule has 30 heavy (non-hydrogen) atoms. The van der Waals surface area contributed by atoms with Gasteiger partial charge in [0.25, 0.3) is 21.2 Å². The average molecular weight is 492 g/mol. The number of rotatable bonds is 8. The lowest BCUT2D eigenvalue weighted by Gasteiger charge is -2.37. The van der Waals surface area contributed by atoms with Crippen LogP contribution in [0.2, 0.25) is 0 Å². The maximum Gasteiger partial charge on any atom is 0.330 e. The molecule has 19 heteroatoms. The van der Waals surface area contributed by atoms with Crippen molar-refractivity contribution in [1.82, 2.24) is 9.55 Å². The number of aromatic nitrogens is 2. The molecule has 0 bridgehead atoms. The maximum atomic E-state index is 11.9. The number of nitrogens with zero attached hydrogens (tertiary/aromatic N) is 1. The minimum atomic E-state index is -6.11. The van der Waals surface area contributed by atoms with E-state index in [4.69, 9.17) is 4.74 Å². The van der Waals surface area contributed by atoms with Gasteiger partial charge in [0.1, 0.15) is 0 Å². The Morgan fingerprint density at radius 1 is 1.13 bits per heavy atom. The van der Waals surface area contributed by atoms with E-state index in [-0.39, 0.29) is 19.3 Å². The van der Waals surface area contributed by atoms with E-state index in [1.54, 1.807) is 0 Å². The first-order valence-corrected chi connectivity index (χ1v) is 12.4. The Morgan fingerprint density at radius 2 is 1.80 bits per heavy atom. The van der Waals surface area contributed by atoms with Gasteiger partial charge in [0, 0.05) is 12.3 Å². The Labute approximate surface area is 167 Å². The number of aliphatic hydroxyl groups is 1. The second kappa shape index (κ2) is 9.65. The zero-order chi connectivity index (χ0) is 22.7. The first-order chi connectivity index (χ1) is 13.7. The summed E-state index contributed by atoms with van der Waals surface area (Å²) in [6.07, 6.45) is -2.08. The Kier molecular flexibility index (Phi) is 8.13. The first-order valence-electron chi connectivity index (χ1n) is 8.04. The summed E-state index contributed by atoms with van der Waals surface area (Å²) >= 11 is 0. The van der Waals surface area contributed by atoms with Gasteiger partial charge in [-0.15, -0.1) is 0 Å². The molecule has 2 heterocycles. The van der Waals surface area contributed by atoms with Crippen LogP contribution < -0.4 is 30.8 Å². The number of nitrogens with one attached hydrogen (secondary N) is 1. The van der Waals surface area contributed by atoms with Crippen molar-refractivity contribution in [2.45, 2.75) is 37.7 Å². The van der Waals surface area contributed by atoms with Crippen molar-refractivity contribution < 1.29 is 56.3 Å². The molecule has 0 radical (unpaired) electrons. The molecular weight excluding hydrogens is 477 g/mol. The zero-order valence-electron chi connectivity index (χ0n) is 14.8. The lowest BCUT2D eigenvalue weighted by atomic mass is 10.1. The number of H-pyrrole nitrogens is 1. The van der Waals surface area contributed by atoms with Crippen molar-refractivity contribution in [3.8, 4) is 0 Å². The Morgan fingerprint density at radius 3 is 2.40 bits per heavy atom. The van der Waals surface area contributed by atoms with Crippen LogP contribution in [0.4, 0.5) is 0 Å². The normalized spacial score (nSPS) is 27.0. The molecule has 1 aromatic rings. The van der Waals surface area contributed by atoms with Gasteiger partial charge in [-0.05, 0) is 19.3 Å². The van der Waals surface area contributed by atoms with Gasteiger partial charge in [0.2, 0.25) is 0 Å². The fourth-order valence-electron chi connectivity index (χ4n) is 2.51. The van der Waals surface area contributed by atoms with Gasteiger partial charge in [-0.1, -0.05) is 0 Å². The molecule has 172 valence electrons. The summed E-state index contributed by atoms with van der Waals surface area (Å²) in [7, 11) is -17.9. The van der Waals surface area contributed by atoms with E-state index in [0.29, 0.717) is 0 Å². The highest BCUT2D eigenvalue weighted by atomic mass is 31.3. The molecule has 0 saturated carbocycles. The number of phosphoric ester groups is 1. The minimum Gasteiger partial charge on any atom is -0.790 e. The van der Waals surface area contributed by atoms with Crippen molar-refractivity contribution in [3.05, 3.63) is 33.1 Å². The summed E-state index contributed by atoms with van der Waals surface area (Å²) in [5.41, 5.74) is -1.61. The van der Waals surface area contributed by atoms with Crippen LogP contribution in [0.5, 0.6) is 0 Å². The second-order valence-corrected chi connectivity index (χ2v) is 10.2. The fraction of sp³-hybridized carbons (Fsp3) is 0.636. The first kappa shape index (κ1) is 25.3. The molecule has 1 aromatic heterocycles. The molecule has 1 aliphatic rings. The molecule has 0 amide bonds. The molecule has 1 saturated heterocycles. The van der Waals surface area contributed by atoms with E-state index < -0.39 is 59.8 Å². The van der Waals surface area contributed by atoms with Crippen molar-refractivity contribution in [2.75, 3.05) is 6.61 Å². The quantitative estimate of drug-likeness (QED) is 0.339. The van der Waals surface area contributed by atoms with Crippen LogP contribution >= 0.6 is 23.5 Å². The van der Waals surface area contributed by atoms with Crippen LogP contribution in [0, 0.1) is 0 Å². The summed E-state index contributed by atoms with van der Waals surface area (Å²) in [6, 6.07) is 0.990. The lowest BCUT2D eigenvalue weighted by Crippen LogP contribution is -2.38. The van der Waals surface area contributed by atoms with Crippen molar-refractivity contribution in [3.63, 3.8) is 0 Å². The van der Waals surface area contributed by atoms with E-state index in [0.717, 1.165) is 16.8 Å². The largest absolute Gasteiger partial charge is 0.790 e. The average Bonchev–Trinajstić information content (AvgIpc) is 2.71. The van der Waals surface area contributed by atoms with E-state index >= 15 is 0 Å². The molecule has 2 N–H and O–H groups in total. The highest BCUT2D eigenvalue weighted by Crippen LogP contribution is 2.60. The van der Waals surface area contributed by atoms with Gasteiger partial charge in [-0.25, -0.2) is 9.11 Å². The maximum absolute atomic E-state index is 11.9. The van der Waals surface area contributed by atoms with E-state index in [9.17, 15) is 48.0 Å².